The van der Waals surface area contributed by atoms with Crippen LogP contribution >= 0.6 is 0 Å². The first-order chi connectivity index (χ1) is 11.5. The first-order valence-electron chi connectivity index (χ1n) is 7.98. The number of nitrogens with one attached hydrogen (secondary N) is 2. The lowest BCUT2D eigenvalue weighted by molar-refractivity contribution is 0.517. The van der Waals surface area contributed by atoms with Crippen molar-refractivity contribution in [2.24, 2.45) is 0 Å². The lowest BCUT2D eigenvalue weighted by Gasteiger charge is -2.14. The van der Waals surface area contributed by atoms with Crippen molar-refractivity contribution in [3.8, 4) is 0 Å². The van der Waals surface area contributed by atoms with Gasteiger partial charge in [-0.2, -0.15) is 4.98 Å². The molecule has 0 aliphatic heterocycles. The minimum absolute atomic E-state index is 0.554. The normalized spacial score (nSPS) is 10.7. The highest BCUT2D eigenvalue weighted by molar-refractivity contribution is 5.66. The molecule has 2 aromatic heterocycles. The molecule has 0 saturated heterocycles. The predicted octanol–water partition coefficient (Wildman–Crippen LogP) is 4.66. The van der Waals surface area contributed by atoms with Crippen molar-refractivity contribution < 1.29 is 4.42 Å². The number of aryl methyl sites for hydroxylation is 4. The third kappa shape index (κ3) is 3.74. The molecule has 0 spiro atoms. The Labute approximate surface area is 142 Å². The number of hydrogen-bond acceptors (Lipinski definition) is 5. The van der Waals surface area contributed by atoms with Crippen molar-refractivity contribution in [2.75, 3.05) is 10.6 Å². The minimum Gasteiger partial charge on any atom is -0.467 e. The monoisotopic (exact) mass is 322 g/mol. The second kappa shape index (κ2) is 6.74. The van der Waals surface area contributed by atoms with Gasteiger partial charge >= 0.3 is 0 Å². The third-order valence-electron chi connectivity index (χ3n) is 3.79. The van der Waals surface area contributed by atoms with Crippen LogP contribution in [0.15, 0.2) is 41.0 Å². The molecule has 0 amide bonds. The van der Waals surface area contributed by atoms with Gasteiger partial charge in [0.15, 0.2) is 0 Å². The highest BCUT2D eigenvalue weighted by Gasteiger charge is 2.08. The Morgan fingerprint density at radius 2 is 1.75 bits per heavy atom. The van der Waals surface area contributed by atoms with E-state index in [0.29, 0.717) is 12.5 Å². The molecule has 5 heteroatoms. The fourth-order valence-electron chi connectivity index (χ4n) is 2.80. The third-order valence-corrected chi connectivity index (χ3v) is 3.79. The van der Waals surface area contributed by atoms with E-state index in [4.69, 9.17) is 4.42 Å². The van der Waals surface area contributed by atoms with E-state index in [1.165, 1.54) is 16.7 Å². The van der Waals surface area contributed by atoms with Crippen LogP contribution in [0.4, 0.5) is 17.5 Å². The summed E-state index contributed by atoms with van der Waals surface area (Å²) >= 11 is 0. The van der Waals surface area contributed by atoms with Crippen molar-refractivity contribution in [3.05, 3.63) is 64.7 Å². The smallest absolute Gasteiger partial charge is 0.225 e. The number of rotatable bonds is 5. The maximum Gasteiger partial charge on any atom is 0.225 e. The molecule has 0 bridgehead atoms. The first-order valence-corrected chi connectivity index (χ1v) is 7.98. The maximum atomic E-state index is 5.32. The molecular weight excluding hydrogens is 300 g/mol. The van der Waals surface area contributed by atoms with Crippen molar-refractivity contribution >= 4 is 17.5 Å². The lowest BCUT2D eigenvalue weighted by Crippen LogP contribution is -2.06. The number of furan rings is 1. The van der Waals surface area contributed by atoms with Gasteiger partial charge < -0.3 is 15.1 Å². The summed E-state index contributed by atoms with van der Waals surface area (Å²) < 4.78 is 5.32. The van der Waals surface area contributed by atoms with E-state index < -0.39 is 0 Å². The molecule has 0 radical (unpaired) electrons. The van der Waals surface area contributed by atoms with Crippen LogP contribution in [0.5, 0.6) is 0 Å². The molecule has 1 aromatic carbocycles. The summed E-state index contributed by atoms with van der Waals surface area (Å²) in [6, 6.07) is 10.1. The van der Waals surface area contributed by atoms with Crippen LogP contribution in [0.1, 0.15) is 28.1 Å². The maximum absolute atomic E-state index is 5.32. The highest BCUT2D eigenvalue weighted by Crippen LogP contribution is 2.25. The summed E-state index contributed by atoms with van der Waals surface area (Å²) in [5.41, 5.74) is 5.66. The van der Waals surface area contributed by atoms with Gasteiger partial charge in [-0.25, -0.2) is 4.98 Å². The summed E-state index contributed by atoms with van der Waals surface area (Å²) in [4.78, 5) is 8.99. The Hall–Kier alpha value is -2.82. The number of aromatic nitrogens is 2. The van der Waals surface area contributed by atoms with Crippen LogP contribution in [0.3, 0.4) is 0 Å². The second-order valence-electron chi connectivity index (χ2n) is 6.05. The molecule has 2 N–H and O–H groups in total. The Morgan fingerprint density at radius 3 is 2.42 bits per heavy atom. The van der Waals surface area contributed by atoms with Crippen LogP contribution in [-0.4, -0.2) is 9.97 Å². The second-order valence-corrected chi connectivity index (χ2v) is 6.05. The Kier molecular flexibility index (Phi) is 4.51. The summed E-state index contributed by atoms with van der Waals surface area (Å²) in [5, 5.41) is 6.62. The standard InChI is InChI=1S/C19H22N4O/c1-12-8-13(2)18(14(3)9-12)22-17-10-15(4)21-19(23-17)20-11-16-6-5-7-24-16/h5-10H,11H2,1-4H3,(H2,20,21,22,23). The zero-order valence-corrected chi connectivity index (χ0v) is 14.5. The molecule has 24 heavy (non-hydrogen) atoms. The Morgan fingerprint density at radius 1 is 1.00 bits per heavy atom. The quantitative estimate of drug-likeness (QED) is 0.715. The summed E-state index contributed by atoms with van der Waals surface area (Å²) in [6.45, 7) is 8.83. The average Bonchev–Trinajstić information content (AvgIpc) is 3.02. The van der Waals surface area contributed by atoms with Gasteiger partial charge in [-0.1, -0.05) is 17.7 Å². The van der Waals surface area contributed by atoms with Crippen molar-refractivity contribution in [2.45, 2.75) is 34.2 Å². The molecule has 0 aliphatic rings. The fraction of sp³-hybridized carbons (Fsp3) is 0.263. The van der Waals surface area contributed by atoms with Gasteiger partial charge in [0.2, 0.25) is 5.95 Å². The van der Waals surface area contributed by atoms with E-state index in [9.17, 15) is 0 Å². The van der Waals surface area contributed by atoms with E-state index in [2.05, 4.69) is 53.5 Å². The topological polar surface area (TPSA) is 63.0 Å². The molecule has 3 rings (SSSR count). The van der Waals surface area contributed by atoms with Gasteiger partial charge in [0, 0.05) is 17.4 Å². The molecule has 0 aliphatic carbocycles. The van der Waals surface area contributed by atoms with E-state index in [1.807, 2.05) is 25.1 Å². The molecule has 124 valence electrons. The molecular formula is C19H22N4O. The van der Waals surface area contributed by atoms with Gasteiger partial charge in [-0.3, -0.25) is 0 Å². The Bertz CT molecular complexity index is 818. The molecule has 0 fully saturated rings. The van der Waals surface area contributed by atoms with Gasteiger partial charge in [0.05, 0.1) is 12.8 Å². The zero-order valence-electron chi connectivity index (χ0n) is 14.5. The van der Waals surface area contributed by atoms with Gasteiger partial charge in [0.1, 0.15) is 11.6 Å². The average molecular weight is 322 g/mol. The van der Waals surface area contributed by atoms with E-state index in [0.717, 1.165) is 23.0 Å². The lowest BCUT2D eigenvalue weighted by atomic mass is 10.1. The van der Waals surface area contributed by atoms with Crippen molar-refractivity contribution in [3.63, 3.8) is 0 Å². The van der Waals surface area contributed by atoms with Crippen LogP contribution < -0.4 is 10.6 Å². The van der Waals surface area contributed by atoms with E-state index in [-0.39, 0.29) is 0 Å². The molecule has 2 heterocycles. The first kappa shape index (κ1) is 16.1. The van der Waals surface area contributed by atoms with Gasteiger partial charge in [0.25, 0.3) is 0 Å². The number of benzene rings is 1. The van der Waals surface area contributed by atoms with Crippen molar-refractivity contribution in [1.29, 1.82) is 0 Å². The predicted molar refractivity (Wildman–Crippen MR) is 96.7 cm³/mol. The SMILES string of the molecule is Cc1cc(C)c(Nc2cc(C)nc(NCc3ccco3)n2)c(C)c1. The molecule has 3 aromatic rings. The molecule has 5 nitrogen and oxygen atoms in total. The molecule has 0 saturated carbocycles. The molecule has 0 unspecified atom stereocenters. The van der Waals surface area contributed by atoms with E-state index >= 15 is 0 Å². The van der Waals surface area contributed by atoms with E-state index in [1.54, 1.807) is 6.26 Å². The zero-order chi connectivity index (χ0) is 17.1. The minimum atomic E-state index is 0.554. The van der Waals surface area contributed by atoms with Gasteiger partial charge in [-0.05, 0) is 51.0 Å². The Balaban J connectivity index is 1.81. The number of nitrogens with zero attached hydrogens (tertiary/aromatic N) is 2. The summed E-state index contributed by atoms with van der Waals surface area (Å²) in [5.74, 6) is 2.20. The largest absolute Gasteiger partial charge is 0.467 e. The number of anilines is 3. The van der Waals surface area contributed by atoms with Crippen LogP contribution in [0.2, 0.25) is 0 Å². The number of hydrogen-bond donors (Lipinski definition) is 2. The van der Waals surface area contributed by atoms with Crippen LogP contribution in [-0.2, 0) is 6.54 Å². The highest BCUT2D eigenvalue weighted by atomic mass is 16.3. The fourth-order valence-corrected chi connectivity index (χ4v) is 2.80. The van der Waals surface area contributed by atoms with Crippen LogP contribution in [0.25, 0.3) is 0 Å². The van der Waals surface area contributed by atoms with Gasteiger partial charge in [-0.15, -0.1) is 0 Å². The van der Waals surface area contributed by atoms with Crippen molar-refractivity contribution in [1.82, 2.24) is 9.97 Å². The summed E-state index contributed by atoms with van der Waals surface area (Å²) in [6.07, 6.45) is 1.66. The summed E-state index contributed by atoms with van der Waals surface area (Å²) in [7, 11) is 0. The van der Waals surface area contributed by atoms with Crippen LogP contribution in [0, 0.1) is 27.7 Å². The molecule has 0 atom stereocenters.